The molecule has 0 fully saturated rings. The summed E-state index contributed by atoms with van der Waals surface area (Å²) in [4.78, 5) is 4.03. The number of nitrogens with two attached hydrogens (primary N) is 1. The summed E-state index contributed by atoms with van der Waals surface area (Å²) in [5.74, 6) is 1.61. The second-order valence-corrected chi connectivity index (χ2v) is 5.15. The Labute approximate surface area is 127 Å². The largest absolute Gasteiger partial charge is 0.493 e. The lowest BCUT2D eigenvalue weighted by atomic mass is 10.2. The summed E-state index contributed by atoms with van der Waals surface area (Å²) in [6, 6.07) is 9.69. The minimum Gasteiger partial charge on any atom is -0.493 e. The molecule has 4 nitrogen and oxygen atoms in total. The van der Waals surface area contributed by atoms with Crippen LogP contribution in [-0.4, -0.2) is 18.2 Å². The van der Waals surface area contributed by atoms with E-state index in [2.05, 4.69) is 20.9 Å². The maximum atomic E-state index is 5.62. The lowest BCUT2D eigenvalue weighted by Gasteiger charge is -2.08. The first-order valence-electron chi connectivity index (χ1n) is 6.43. The van der Waals surface area contributed by atoms with Crippen LogP contribution in [0, 0.1) is 0 Å². The number of nitrogens with zero attached hydrogens (tertiary/aromatic N) is 1. The van der Waals surface area contributed by atoms with Gasteiger partial charge in [-0.15, -0.1) is 0 Å². The van der Waals surface area contributed by atoms with Crippen molar-refractivity contribution < 1.29 is 9.47 Å². The molecule has 0 aliphatic rings. The number of ether oxygens (including phenoxy) is 2. The van der Waals surface area contributed by atoms with E-state index in [-0.39, 0.29) is 0 Å². The van der Waals surface area contributed by atoms with Crippen LogP contribution in [0.1, 0.15) is 12.0 Å². The SMILES string of the molecule is NCc1ccc(OCCCOc2cncc(Br)c2)cc1. The Morgan fingerprint density at radius 2 is 1.70 bits per heavy atom. The Bertz CT molecular complexity index is 532. The quantitative estimate of drug-likeness (QED) is 0.789. The average Bonchev–Trinajstić information content (AvgIpc) is 2.48. The van der Waals surface area contributed by atoms with E-state index in [0.717, 1.165) is 28.0 Å². The predicted octanol–water partition coefficient (Wildman–Crippen LogP) is 3.15. The van der Waals surface area contributed by atoms with Crippen LogP contribution in [0.3, 0.4) is 0 Å². The van der Waals surface area contributed by atoms with Crippen LogP contribution in [0.4, 0.5) is 0 Å². The van der Waals surface area contributed by atoms with E-state index < -0.39 is 0 Å². The Morgan fingerprint density at radius 1 is 1.00 bits per heavy atom. The van der Waals surface area contributed by atoms with E-state index in [1.54, 1.807) is 12.4 Å². The highest BCUT2D eigenvalue weighted by atomic mass is 79.9. The molecule has 1 heterocycles. The maximum Gasteiger partial charge on any atom is 0.138 e. The van der Waals surface area contributed by atoms with Crippen LogP contribution in [0.5, 0.6) is 11.5 Å². The van der Waals surface area contributed by atoms with Crippen molar-refractivity contribution in [3.8, 4) is 11.5 Å². The molecule has 0 amide bonds. The van der Waals surface area contributed by atoms with Crippen LogP contribution in [-0.2, 0) is 6.54 Å². The van der Waals surface area contributed by atoms with Crippen LogP contribution in [0.2, 0.25) is 0 Å². The molecule has 0 bridgehead atoms. The number of rotatable bonds is 7. The fraction of sp³-hybridized carbons (Fsp3) is 0.267. The van der Waals surface area contributed by atoms with Gasteiger partial charge in [0, 0.05) is 23.6 Å². The summed E-state index contributed by atoms with van der Waals surface area (Å²) in [7, 11) is 0. The molecule has 20 heavy (non-hydrogen) atoms. The van der Waals surface area contributed by atoms with E-state index in [1.807, 2.05) is 30.3 Å². The number of hydrogen-bond acceptors (Lipinski definition) is 4. The molecule has 5 heteroatoms. The van der Waals surface area contributed by atoms with Gasteiger partial charge in [0.25, 0.3) is 0 Å². The minimum absolute atomic E-state index is 0.550. The van der Waals surface area contributed by atoms with Crippen molar-refractivity contribution in [2.45, 2.75) is 13.0 Å². The summed E-state index contributed by atoms with van der Waals surface area (Å²) in [6.45, 7) is 1.76. The fourth-order valence-corrected chi connectivity index (χ4v) is 1.98. The Hall–Kier alpha value is -1.59. The zero-order valence-corrected chi connectivity index (χ0v) is 12.7. The molecule has 0 radical (unpaired) electrons. The number of pyridine rings is 1. The highest BCUT2D eigenvalue weighted by Crippen LogP contribution is 2.16. The van der Waals surface area contributed by atoms with Gasteiger partial charge < -0.3 is 15.2 Å². The van der Waals surface area contributed by atoms with Crippen LogP contribution in [0.25, 0.3) is 0 Å². The lowest BCUT2D eigenvalue weighted by Crippen LogP contribution is -2.05. The van der Waals surface area contributed by atoms with Crippen molar-refractivity contribution in [3.05, 3.63) is 52.8 Å². The first-order chi connectivity index (χ1) is 9.78. The molecule has 0 aliphatic carbocycles. The summed E-state index contributed by atoms with van der Waals surface area (Å²) < 4.78 is 12.1. The highest BCUT2D eigenvalue weighted by Gasteiger charge is 1.97. The summed E-state index contributed by atoms with van der Waals surface area (Å²) in [5, 5.41) is 0. The Kier molecular flexibility index (Phi) is 5.83. The molecule has 2 N–H and O–H groups in total. The number of halogens is 1. The number of benzene rings is 1. The smallest absolute Gasteiger partial charge is 0.138 e. The molecular formula is C15H17BrN2O2. The van der Waals surface area contributed by atoms with Gasteiger partial charge in [-0.3, -0.25) is 4.98 Å². The second-order valence-electron chi connectivity index (χ2n) is 4.24. The van der Waals surface area contributed by atoms with Crippen molar-refractivity contribution in [3.63, 3.8) is 0 Å². The number of hydrogen-bond donors (Lipinski definition) is 1. The van der Waals surface area contributed by atoms with Crippen molar-refractivity contribution >= 4 is 15.9 Å². The van der Waals surface area contributed by atoms with E-state index in [4.69, 9.17) is 15.2 Å². The molecule has 0 aliphatic heterocycles. The molecule has 0 saturated heterocycles. The van der Waals surface area contributed by atoms with Gasteiger partial charge in [0.05, 0.1) is 19.4 Å². The molecule has 0 spiro atoms. The van der Waals surface area contributed by atoms with Gasteiger partial charge in [-0.05, 0) is 39.7 Å². The van der Waals surface area contributed by atoms with Crippen LogP contribution in [0.15, 0.2) is 47.2 Å². The van der Waals surface area contributed by atoms with Gasteiger partial charge in [0.2, 0.25) is 0 Å². The molecule has 0 atom stereocenters. The van der Waals surface area contributed by atoms with Gasteiger partial charge >= 0.3 is 0 Å². The van der Waals surface area contributed by atoms with Gasteiger partial charge in [-0.1, -0.05) is 12.1 Å². The van der Waals surface area contributed by atoms with Crippen molar-refractivity contribution in [2.24, 2.45) is 5.73 Å². The molecule has 2 rings (SSSR count). The average molecular weight is 337 g/mol. The lowest BCUT2D eigenvalue weighted by molar-refractivity contribution is 0.247. The monoisotopic (exact) mass is 336 g/mol. The highest BCUT2D eigenvalue weighted by molar-refractivity contribution is 9.10. The van der Waals surface area contributed by atoms with Gasteiger partial charge in [0.1, 0.15) is 11.5 Å². The third-order valence-electron chi connectivity index (χ3n) is 2.66. The zero-order chi connectivity index (χ0) is 14.2. The molecule has 1 aromatic heterocycles. The standard InChI is InChI=1S/C15H17BrN2O2/c16-13-8-15(11-18-10-13)20-7-1-6-19-14-4-2-12(9-17)3-5-14/h2-5,8,10-11H,1,6-7,9,17H2. The topological polar surface area (TPSA) is 57.4 Å². The Balaban J connectivity index is 1.66. The molecule has 0 unspecified atom stereocenters. The predicted molar refractivity (Wildman–Crippen MR) is 81.9 cm³/mol. The first kappa shape index (κ1) is 14.8. The van der Waals surface area contributed by atoms with E-state index in [1.165, 1.54) is 0 Å². The zero-order valence-electron chi connectivity index (χ0n) is 11.1. The first-order valence-corrected chi connectivity index (χ1v) is 7.22. The summed E-state index contributed by atoms with van der Waals surface area (Å²) in [6.07, 6.45) is 4.23. The Morgan fingerprint density at radius 3 is 2.35 bits per heavy atom. The maximum absolute atomic E-state index is 5.62. The minimum atomic E-state index is 0.550. The normalized spacial score (nSPS) is 10.3. The molecular weight excluding hydrogens is 320 g/mol. The van der Waals surface area contributed by atoms with Crippen LogP contribution < -0.4 is 15.2 Å². The van der Waals surface area contributed by atoms with Gasteiger partial charge in [-0.25, -0.2) is 0 Å². The van der Waals surface area contributed by atoms with Gasteiger partial charge in [0.15, 0.2) is 0 Å². The van der Waals surface area contributed by atoms with Crippen molar-refractivity contribution in [1.82, 2.24) is 4.98 Å². The molecule has 0 saturated carbocycles. The van der Waals surface area contributed by atoms with Crippen molar-refractivity contribution in [1.29, 1.82) is 0 Å². The van der Waals surface area contributed by atoms with E-state index in [0.29, 0.717) is 19.8 Å². The third kappa shape index (κ3) is 4.83. The molecule has 106 valence electrons. The summed E-state index contributed by atoms with van der Waals surface area (Å²) >= 11 is 3.35. The summed E-state index contributed by atoms with van der Waals surface area (Å²) in [5.41, 5.74) is 6.64. The fourth-order valence-electron chi connectivity index (χ4n) is 1.63. The molecule has 1 aromatic carbocycles. The second kappa shape index (κ2) is 7.87. The number of aromatic nitrogens is 1. The third-order valence-corrected chi connectivity index (χ3v) is 3.10. The van der Waals surface area contributed by atoms with Gasteiger partial charge in [-0.2, -0.15) is 0 Å². The van der Waals surface area contributed by atoms with E-state index >= 15 is 0 Å². The van der Waals surface area contributed by atoms with Crippen LogP contribution >= 0.6 is 15.9 Å². The van der Waals surface area contributed by atoms with Crippen molar-refractivity contribution in [2.75, 3.05) is 13.2 Å². The van der Waals surface area contributed by atoms with E-state index in [9.17, 15) is 0 Å². The molecule has 2 aromatic rings.